The van der Waals surface area contributed by atoms with Crippen LogP contribution in [0.5, 0.6) is 0 Å². The second-order valence-electron chi connectivity index (χ2n) is 4.17. The Kier molecular flexibility index (Phi) is 3.79. The fraction of sp³-hybridized carbons (Fsp3) is 0.364. The van der Waals surface area contributed by atoms with Gasteiger partial charge in [-0.2, -0.15) is 0 Å². The molecule has 7 nitrogen and oxygen atoms in total. The van der Waals surface area contributed by atoms with Gasteiger partial charge in [0.05, 0.1) is 11.3 Å². The summed E-state index contributed by atoms with van der Waals surface area (Å²) in [5.41, 5.74) is -0.151. The molecule has 0 bridgehead atoms. The summed E-state index contributed by atoms with van der Waals surface area (Å²) in [7, 11) is 0. The summed E-state index contributed by atoms with van der Waals surface area (Å²) in [6.07, 6.45) is 1.19. The maximum atomic E-state index is 11.5. The van der Waals surface area contributed by atoms with Crippen molar-refractivity contribution in [3.63, 3.8) is 0 Å². The summed E-state index contributed by atoms with van der Waals surface area (Å²) in [5.74, 6) is -0.100. The van der Waals surface area contributed by atoms with E-state index in [2.05, 4.69) is 10.2 Å². The van der Waals surface area contributed by atoms with Crippen LogP contribution < -0.4 is 5.69 Å². The summed E-state index contributed by atoms with van der Waals surface area (Å²) in [6.45, 7) is 3.77. The van der Waals surface area contributed by atoms with Crippen LogP contribution in [0.25, 0.3) is 0 Å². The number of carboxylic acid groups (broad SMARTS) is 1. The fourth-order valence-electron chi connectivity index (χ4n) is 1.55. The molecule has 19 heavy (non-hydrogen) atoms. The lowest BCUT2D eigenvalue weighted by Gasteiger charge is -2.07. The molecule has 0 atom stereocenters. The zero-order valence-corrected chi connectivity index (χ0v) is 11.2. The average Bonchev–Trinajstić information content (AvgIpc) is 2.92. The second-order valence-corrected chi connectivity index (χ2v) is 5.11. The van der Waals surface area contributed by atoms with E-state index in [0.29, 0.717) is 16.7 Å². The highest BCUT2D eigenvalue weighted by atomic mass is 32.2. The second kappa shape index (κ2) is 5.35. The summed E-state index contributed by atoms with van der Waals surface area (Å²) in [6, 6.07) is 1.46. The van der Waals surface area contributed by atoms with Gasteiger partial charge in [0.15, 0.2) is 5.16 Å². The van der Waals surface area contributed by atoms with Gasteiger partial charge in [-0.05, 0) is 19.9 Å². The van der Waals surface area contributed by atoms with Gasteiger partial charge in [0, 0.05) is 6.04 Å². The number of nitrogens with zero attached hydrogens (tertiary/aromatic N) is 2. The first kappa shape index (κ1) is 13.5. The predicted molar refractivity (Wildman–Crippen MR) is 68.5 cm³/mol. The third-order valence-corrected chi connectivity index (χ3v) is 3.41. The number of carbonyl (C=O) groups is 1. The van der Waals surface area contributed by atoms with Gasteiger partial charge in [0.1, 0.15) is 12.0 Å². The summed E-state index contributed by atoms with van der Waals surface area (Å²) < 4.78 is 6.66. The molecule has 0 spiro atoms. The van der Waals surface area contributed by atoms with Gasteiger partial charge in [-0.3, -0.25) is 4.57 Å². The van der Waals surface area contributed by atoms with Crippen molar-refractivity contribution in [3.05, 3.63) is 34.1 Å². The van der Waals surface area contributed by atoms with Crippen molar-refractivity contribution >= 4 is 17.7 Å². The van der Waals surface area contributed by atoms with Crippen molar-refractivity contribution in [1.29, 1.82) is 0 Å². The van der Waals surface area contributed by atoms with E-state index in [1.807, 2.05) is 13.8 Å². The van der Waals surface area contributed by atoms with Gasteiger partial charge in [0.2, 0.25) is 0 Å². The predicted octanol–water partition coefficient (Wildman–Crippen LogP) is 1.74. The maximum absolute atomic E-state index is 11.5. The minimum Gasteiger partial charge on any atom is -0.478 e. The first-order valence-electron chi connectivity index (χ1n) is 5.59. The number of furan rings is 1. The van der Waals surface area contributed by atoms with Crippen LogP contribution >= 0.6 is 11.8 Å². The smallest absolute Gasteiger partial charge is 0.344 e. The van der Waals surface area contributed by atoms with Gasteiger partial charge < -0.3 is 9.52 Å². The molecule has 2 aromatic heterocycles. The normalized spacial score (nSPS) is 11.1. The van der Waals surface area contributed by atoms with Gasteiger partial charge >= 0.3 is 11.7 Å². The van der Waals surface area contributed by atoms with Gasteiger partial charge in [-0.15, -0.1) is 5.10 Å². The van der Waals surface area contributed by atoms with Crippen LogP contribution in [0.3, 0.4) is 0 Å². The molecule has 2 N–H and O–H groups in total. The minimum absolute atomic E-state index is 0.0000634. The van der Waals surface area contributed by atoms with Crippen molar-refractivity contribution < 1.29 is 14.3 Å². The third-order valence-electron chi connectivity index (χ3n) is 2.43. The monoisotopic (exact) mass is 283 g/mol. The van der Waals surface area contributed by atoms with Crippen LogP contribution in [0.2, 0.25) is 0 Å². The number of rotatable bonds is 5. The average molecular weight is 283 g/mol. The number of carboxylic acids is 1. The number of nitrogens with one attached hydrogen (secondary N) is 1. The quantitative estimate of drug-likeness (QED) is 0.810. The molecule has 0 aliphatic heterocycles. The molecule has 0 aliphatic carbocycles. The van der Waals surface area contributed by atoms with E-state index in [4.69, 9.17) is 9.52 Å². The third kappa shape index (κ3) is 2.90. The van der Waals surface area contributed by atoms with Crippen molar-refractivity contribution in [2.24, 2.45) is 0 Å². The molecule has 102 valence electrons. The van der Waals surface area contributed by atoms with Crippen LogP contribution in [-0.2, 0) is 5.75 Å². The standard InChI is InChI=1S/C11H13N3O4S/c1-6(2)14-10(17)12-13-11(14)19-5-8-3-7(4-18-8)9(15)16/h3-4,6H,5H2,1-2H3,(H,12,17)(H,15,16). The molecule has 0 fully saturated rings. The van der Waals surface area contributed by atoms with Crippen LogP contribution in [0.4, 0.5) is 0 Å². The molecule has 2 heterocycles. The number of H-pyrrole nitrogens is 1. The highest BCUT2D eigenvalue weighted by molar-refractivity contribution is 7.98. The SMILES string of the molecule is CC(C)n1c(SCc2cc(C(=O)O)co2)n[nH]c1=O. The van der Waals surface area contributed by atoms with Gasteiger partial charge in [0.25, 0.3) is 0 Å². The molecule has 0 unspecified atom stereocenters. The number of aromatic carboxylic acids is 1. The highest BCUT2D eigenvalue weighted by Crippen LogP contribution is 2.22. The largest absolute Gasteiger partial charge is 0.478 e. The number of hydrogen-bond acceptors (Lipinski definition) is 5. The maximum Gasteiger partial charge on any atom is 0.344 e. The van der Waals surface area contributed by atoms with Crippen LogP contribution in [0, 0.1) is 0 Å². The van der Waals surface area contributed by atoms with Crippen molar-refractivity contribution in [1.82, 2.24) is 14.8 Å². The van der Waals surface area contributed by atoms with E-state index in [1.54, 1.807) is 0 Å². The molecule has 0 saturated heterocycles. The van der Waals surface area contributed by atoms with Gasteiger partial charge in [-0.1, -0.05) is 11.8 Å². The molecule has 0 amide bonds. The van der Waals surface area contributed by atoms with E-state index in [1.165, 1.54) is 28.7 Å². The van der Waals surface area contributed by atoms with E-state index in [0.717, 1.165) is 0 Å². The summed E-state index contributed by atoms with van der Waals surface area (Å²) in [5, 5.41) is 15.6. The lowest BCUT2D eigenvalue weighted by molar-refractivity contribution is 0.0696. The van der Waals surface area contributed by atoms with E-state index in [9.17, 15) is 9.59 Å². The fourth-order valence-corrected chi connectivity index (χ4v) is 2.52. The Balaban J connectivity index is 2.10. The lowest BCUT2D eigenvalue weighted by Crippen LogP contribution is -2.19. The summed E-state index contributed by atoms with van der Waals surface area (Å²) >= 11 is 1.31. The Morgan fingerprint density at radius 1 is 1.63 bits per heavy atom. The molecular formula is C11H13N3O4S. The Hall–Kier alpha value is -1.96. The first-order valence-corrected chi connectivity index (χ1v) is 6.58. The summed E-state index contributed by atoms with van der Waals surface area (Å²) in [4.78, 5) is 22.2. The highest BCUT2D eigenvalue weighted by Gasteiger charge is 2.14. The minimum atomic E-state index is -1.03. The van der Waals surface area contributed by atoms with Crippen LogP contribution in [-0.4, -0.2) is 25.8 Å². The topological polar surface area (TPSA) is 101 Å². The van der Waals surface area contributed by atoms with E-state index in [-0.39, 0.29) is 17.3 Å². The molecule has 2 aromatic rings. The molecular weight excluding hydrogens is 270 g/mol. The van der Waals surface area contributed by atoms with Crippen LogP contribution in [0.15, 0.2) is 26.7 Å². The lowest BCUT2D eigenvalue weighted by atomic mass is 10.3. The molecule has 8 heteroatoms. The van der Waals surface area contributed by atoms with E-state index < -0.39 is 5.97 Å². The van der Waals surface area contributed by atoms with Crippen LogP contribution in [0.1, 0.15) is 36.0 Å². The van der Waals surface area contributed by atoms with Crippen molar-refractivity contribution in [2.45, 2.75) is 30.8 Å². The number of aromatic nitrogens is 3. The van der Waals surface area contributed by atoms with Crippen molar-refractivity contribution in [3.8, 4) is 0 Å². The zero-order chi connectivity index (χ0) is 14.0. The molecule has 2 rings (SSSR count). The number of aromatic amines is 1. The Morgan fingerprint density at radius 2 is 2.37 bits per heavy atom. The zero-order valence-electron chi connectivity index (χ0n) is 10.4. The molecule has 0 radical (unpaired) electrons. The molecule has 0 aliphatic rings. The van der Waals surface area contributed by atoms with Gasteiger partial charge in [-0.25, -0.2) is 14.7 Å². The number of thioether (sulfide) groups is 1. The Morgan fingerprint density at radius 3 is 2.95 bits per heavy atom. The Labute approximate surface area is 112 Å². The molecule has 0 saturated carbocycles. The number of hydrogen-bond donors (Lipinski definition) is 2. The van der Waals surface area contributed by atoms with E-state index >= 15 is 0 Å². The molecule has 0 aromatic carbocycles. The first-order chi connectivity index (χ1) is 8.99. The van der Waals surface area contributed by atoms with Crippen molar-refractivity contribution in [2.75, 3.05) is 0 Å². The Bertz CT molecular complexity index is 640.